The van der Waals surface area contributed by atoms with E-state index < -0.39 is 6.04 Å². The van der Waals surface area contributed by atoms with E-state index in [1.807, 2.05) is 11.3 Å². The number of thiophene rings is 1. The molecule has 3 nitrogen and oxygen atoms in total. The van der Waals surface area contributed by atoms with Crippen molar-refractivity contribution >= 4 is 116 Å². The van der Waals surface area contributed by atoms with Crippen LogP contribution in [-0.4, -0.2) is 5.54 Å². The molecule has 1 fully saturated rings. The highest BCUT2D eigenvalue weighted by molar-refractivity contribution is 8.26. The lowest BCUT2D eigenvalue weighted by Gasteiger charge is -2.53. The number of fused-ring (bicyclic) bond motifs is 14. The molecule has 0 spiro atoms. The normalized spacial score (nSPS) is 24.3. The van der Waals surface area contributed by atoms with Crippen LogP contribution in [0.1, 0.15) is 50.7 Å². The van der Waals surface area contributed by atoms with Gasteiger partial charge in [-0.1, -0.05) is 104 Å². The maximum absolute atomic E-state index is 7.52. The van der Waals surface area contributed by atoms with Crippen molar-refractivity contribution in [2.45, 2.75) is 57.4 Å². The summed E-state index contributed by atoms with van der Waals surface area (Å²) in [5.74, 6) is 0.880. The molecule has 51 heavy (non-hydrogen) atoms. The Morgan fingerprint density at radius 3 is 2.39 bits per heavy atom. The summed E-state index contributed by atoms with van der Waals surface area (Å²) in [6.07, 6.45) is 4.83. The smallest absolute Gasteiger partial charge is 0.214 e. The summed E-state index contributed by atoms with van der Waals surface area (Å²) in [7, 11) is 0. The number of aryl methyl sites for hydroxylation is 1. The standard InChI is InChI=1S/C45H35N2OPS2/c1-26-22-32-39-35(23-26)49(50)41-30-14-6-8-16-34(30)48-43(41)46(29-19-18-27-12-4-5-13-28(27)24-29)33-25-37-38(31-15-7-9-17-36(31)51-37)40(42(33)49)47(39)45(3)21-11-10-20-44(32,45)2/h4-9,12-19,22-25H,10-11,20-21H2,1-3H3. The number of hydrogen-bond acceptors (Lipinski definition) is 5. The van der Waals surface area contributed by atoms with E-state index in [2.05, 4.69) is 140 Å². The van der Waals surface area contributed by atoms with Gasteiger partial charge in [0, 0.05) is 47.3 Å². The summed E-state index contributed by atoms with van der Waals surface area (Å²) in [5.41, 5.74) is 8.65. The zero-order valence-corrected chi connectivity index (χ0v) is 31.3. The van der Waals surface area contributed by atoms with Crippen molar-refractivity contribution in [2.75, 3.05) is 9.80 Å². The van der Waals surface area contributed by atoms with Gasteiger partial charge in [-0.2, -0.15) is 0 Å². The van der Waals surface area contributed by atoms with Crippen LogP contribution in [0.5, 0.6) is 0 Å². The van der Waals surface area contributed by atoms with E-state index in [1.165, 1.54) is 94.3 Å². The number of rotatable bonds is 1. The van der Waals surface area contributed by atoms with Crippen LogP contribution >= 0.6 is 17.4 Å². The van der Waals surface area contributed by atoms with Gasteiger partial charge in [0.15, 0.2) is 0 Å². The van der Waals surface area contributed by atoms with Crippen molar-refractivity contribution in [1.29, 1.82) is 0 Å². The van der Waals surface area contributed by atoms with Crippen LogP contribution < -0.4 is 25.7 Å². The summed E-state index contributed by atoms with van der Waals surface area (Å²) >= 11 is 9.43. The monoisotopic (exact) mass is 714 g/mol. The van der Waals surface area contributed by atoms with Gasteiger partial charge >= 0.3 is 0 Å². The van der Waals surface area contributed by atoms with Crippen molar-refractivity contribution in [3.05, 3.63) is 120 Å². The SMILES string of the molecule is Cc1cc2c3c(c1)P1(=S)c4c(cc5sc6ccccc6c5c4N3C3(C)CCCCC23C)N(c2ccc3ccccc3c2)c2oc3ccccc3c21. The Labute approximate surface area is 306 Å². The van der Waals surface area contributed by atoms with Gasteiger partial charge < -0.3 is 9.32 Å². The lowest BCUT2D eigenvalue weighted by atomic mass is 9.61. The van der Waals surface area contributed by atoms with Gasteiger partial charge in [-0.15, -0.1) is 11.3 Å². The largest absolute Gasteiger partial charge is 0.439 e. The van der Waals surface area contributed by atoms with E-state index in [1.54, 1.807) is 0 Å². The van der Waals surface area contributed by atoms with E-state index in [0.717, 1.165) is 29.0 Å². The molecule has 3 aliphatic heterocycles. The number of benzene rings is 6. The Balaban J connectivity index is 1.33. The van der Waals surface area contributed by atoms with Crippen LogP contribution in [0.2, 0.25) is 0 Å². The molecule has 12 rings (SSSR count). The van der Waals surface area contributed by atoms with Crippen molar-refractivity contribution in [1.82, 2.24) is 0 Å². The highest BCUT2D eigenvalue weighted by Crippen LogP contribution is 2.70. The average molecular weight is 715 g/mol. The lowest BCUT2D eigenvalue weighted by molar-refractivity contribution is 0.195. The highest BCUT2D eigenvalue weighted by atomic mass is 32.4. The zero-order chi connectivity index (χ0) is 34.0. The number of para-hydroxylation sites is 1. The Bertz CT molecular complexity index is 2940. The average Bonchev–Trinajstić information content (AvgIpc) is 3.77. The van der Waals surface area contributed by atoms with Gasteiger partial charge in [0.1, 0.15) is 5.58 Å². The minimum atomic E-state index is -2.68. The molecule has 3 atom stereocenters. The Morgan fingerprint density at radius 2 is 1.51 bits per heavy atom. The number of furan rings is 1. The van der Waals surface area contributed by atoms with Crippen molar-refractivity contribution in [3.63, 3.8) is 0 Å². The van der Waals surface area contributed by atoms with E-state index in [4.69, 9.17) is 16.2 Å². The fourth-order valence-corrected chi connectivity index (χ4v) is 16.8. The fraction of sp³-hybridized carbons (Fsp3) is 0.200. The molecule has 1 aliphatic carbocycles. The summed E-state index contributed by atoms with van der Waals surface area (Å²) in [6.45, 7) is 7.42. The molecule has 1 saturated carbocycles. The molecule has 0 saturated heterocycles. The van der Waals surface area contributed by atoms with Gasteiger partial charge in [-0.25, -0.2) is 0 Å². The molecule has 4 aliphatic rings. The molecule has 0 bridgehead atoms. The topological polar surface area (TPSA) is 19.6 Å². The van der Waals surface area contributed by atoms with E-state index >= 15 is 0 Å². The second-order valence-electron chi connectivity index (χ2n) is 15.6. The Morgan fingerprint density at radius 1 is 0.745 bits per heavy atom. The van der Waals surface area contributed by atoms with Crippen molar-refractivity contribution < 1.29 is 4.42 Å². The molecule has 5 heterocycles. The van der Waals surface area contributed by atoms with E-state index in [-0.39, 0.29) is 11.0 Å². The number of hydrogen-bond donors (Lipinski definition) is 0. The fourth-order valence-electron chi connectivity index (χ4n) is 10.6. The second kappa shape index (κ2) is 9.52. The lowest BCUT2D eigenvalue weighted by Crippen LogP contribution is -2.57. The first-order chi connectivity index (χ1) is 24.8. The summed E-state index contributed by atoms with van der Waals surface area (Å²) in [6, 6.07) is 37.9. The van der Waals surface area contributed by atoms with Gasteiger partial charge in [0.05, 0.1) is 33.9 Å². The third kappa shape index (κ3) is 3.32. The van der Waals surface area contributed by atoms with Crippen molar-refractivity contribution in [3.8, 4) is 0 Å². The van der Waals surface area contributed by atoms with Crippen LogP contribution in [0, 0.1) is 6.92 Å². The number of nitrogens with zero attached hydrogens (tertiary/aromatic N) is 2. The minimum Gasteiger partial charge on any atom is -0.439 e. The highest BCUT2D eigenvalue weighted by Gasteiger charge is 2.63. The van der Waals surface area contributed by atoms with Gasteiger partial charge in [0.2, 0.25) is 5.88 Å². The second-order valence-corrected chi connectivity index (χ2v) is 20.9. The first-order valence-electron chi connectivity index (χ1n) is 18.2. The zero-order valence-electron chi connectivity index (χ0n) is 28.8. The predicted octanol–water partition coefficient (Wildman–Crippen LogP) is 11.9. The molecule has 0 radical (unpaired) electrons. The molecular weight excluding hydrogens is 680 g/mol. The molecule has 0 N–H and O–H groups in total. The predicted molar refractivity (Wildman–Crippen MR) is 222 cm³/mol. The summed E-state index contributed by atoms with van der Waals surface area (Å²) < 4.78 is 9.72. The van der Waals surface area contributed by atoms with Crippen LogP contribution in [0.25, 0.3) is 41.9 Å². The minimum absolute atomic E-state index is 0.00462. The molecule has 3 unspecified atom stereocenters. The van der Waals surface area contributed by atoms with E-state index in [9.17, 15) is 0 Å². The molecule has 6 heteroatoms. The maximum atomic E-state index is 7.52. The van der Waals surface area contributed by atoms with Crippen molar-refractivity contribution in [2.24, 2.45) is 0 Å². The molecule has 2 aromatic heterocycles. The maximum Gasteiger partial charge on any atom is 0.214 e. The summed E-state index contributed by atoms with van der Waals surface area (Å²) in [5, 5.41) is 10.2. The first kappa shape index (κ1) is 29.2. The summed E-state index contributed by atoms with van der Waals surface area (Å²) in [4.78, 5) is 5.28. The third-order valence-electron chi connectivity index (χ3n) is 13.1. The molecule has 8 aromatic rings. The quantitative estimate of drug-likeness (QED) is 0.158. The van der Waals surface area contributed by atoms with Crippen LogP contribution in [0.4, 0.5) is 28.6 Å². The van der Waals surface area contributed by atoms with Crippen LogP contribution in [0.15, 0.2) is 114 Å². The van der Waals surface area contributed by atoms with E-state index in [0.29, 0.717) is 0 Å². The Hall–Kier alpha value is -4.41. The third-order valence-corrected chi connectivity index (χ3v) is 19.1. The van der Waals surface area contributed by atoms with Gasteiger partial charge in [0.25, 0.3) is 0 Å². The number of anilines is 5. The molecule has 248 valence electrons. The van der Waals surface area contributed by atoms with Crippen LogP contribution in [-0.2, 0) is 17.2 Å². The Kier molecular flexibility index (Phi) is 5.45. The molecule has 0 amide bonds. The van der Waals surface area contributed by atoms with Gasteiger partial charge in [-0.05, 0) is 85.0 Å². The molecular formula is C45H35N2OPS2. The van der Waals surface area contributed by atoms with Gasteiger partial charge in [-0.3, -0.25) is 4.90 Å². The first-order valence-corrected chi connectivity index (χ1v) is 21.8. The molecule has 6 aromatic carbocycles. The van der Waals surface area contributed by atoms with Crippen LogP contribution in [0.3, 0.4) is 0 Å².